The molecule has 0 saturated carbocycles. The number of nitrogens with zero attached hydrogens (tertiary/aromatic N) is 1. The number of rotatable bonds is 5. The van der Waals surface area contributed by atoms with Crippen molar-refractivity contribution < 1.29 is 14.5 Å². The molecule has 0 spiro atoms. The Bertz CT molecular complexity index is 414. The number of methoxy groups -OCH3 is 1. The molecule has 0 aliphatic rings. The molecule has 0 amide bonds. The minimum Gasteiger partial charge on any atom is -0.377 e. The van der Waals surface area contributed by atoms with Gasteiger partial charge in [0.1, 0.15) is 6.61 Å². The summed E-state index contributed by atoms with van der Waals surface area (Å²) in [6.07, 6.45) is 0.248. The van der Waals surface area contributed by atoms with E-state index in [9.17, 15) is 14.9 Å². The van der Waals surface area contributed by atoms with E-state index in [1.165, 1.54) is 19.2 Å². The highest BCUT2D eigenvalue weighted by atomic mass is 16.6. The van der Waals surface area contributed by atoms with Crippen LogP contribution < -0.4 is 0 Å². The molecule has 0 aromatic heterocycles. The Balaban J connectivity index is 2.83. The first-order chi connectivity index (χ1) is 7.54. The predicted molar refractivity (Wildman–Crippen MR) is 58.4 cm³/mol. The van der Waals surface area contributed by atoms with E-state index in [1.54, 1.807) is 13.0 Å². The number of ketones is 1. The van der Waals surface area contributed by atoms with Gasteiger partial charge in [0.15, 0.2) is 5.78 Å². The van der Waals surface area contributed by atoms with E-state index >= 15 is 0 Å². The van der Waals surface area contributed by atoms with E-state index in [2.05, 4.69) is 0 Å². The van der Waals surface area contributed by atoms with Crippen LogP contribution in [0, 0.1) is 17.0 Å². The second-order valence-electron chi connectivity index (χ2n) is 3.52. The highest BCUT2D eigenvalue weighted by molar-refractivity contribution is 5.82. The smallest absolute Gasteiger partial charge is 0.269 e. The van der Waals surface area contributed by atoms with Crippen LogP contribution in [0.3, 0.4) is 0 Å². The fourth-order valence-electron chi connectivity index (χ4n) is 1.42. The van der Waals surface area contributed by atoms with E-state index in [1.807, 2.05) is 0 Å². The van der Waals surface area contributed by atoms with E-state index in [0.717, 1.165) is 11.1 Å². The average molecular weight is 223 g/mol. The molecule has 0 atom stereocenters. The Kier molecular flexibility index (Phi) is 4.13. The third kappa shape index (κ3) is 3.13. The summed E-state index contributed by atoms with van der Waals surface area (Å²) in [5, 5.41) is 10.5. The maximum absolute atomic E-state index is 11.3. The van der Waals surface area contributed by atoms with E-state index in [-0.39, 0.29) is 24.5 Å². The number of Topliss-reactive ketones (excluding diaryl/α,β-unsaturated/α-hetero) is 1. The van der Waals surface area contributed by atoms with Crippen LogP contribution in [0.5, 0.6) is 0 Å². The summed E-state index contributed by atoms with van der Waals surface area (Å²) in [6, 6.07) is 4.48. The zero-order chi connectivity index (χ0) is 12.1. The first-order valence-electron chi connectivity index (χ1n) is 4.79. The molecule has 16 heavy (non-hydrogen) atoms. The number of carbonyl (C=O) groups excluding carboxylic acids is 1. The van der Waals surface area contributed by atoms with Gasteiger partial charge in [-0.15, -0.1) is 0 Å². The topological polar surface area (TPSA) is 69.4 Å². The summed E-state index contributed by atoms with van der Waals surface area (Å²) in [5.74, 6) is -0.0422. The van der Waals surface area contributed by atoms with Crippen LogP contribution in [0.15, 0.2) is 18.2 Å². The van der Waals surface area contributed by atoms with Crippen molar-refractivity contribution in [1.29, 1.82) is 0 Å². The molecule has 0 N–H and O–H groups in total. The van der Waals surface area contributed by atoms with Crippen molar-refractivity contribution in [2.75, 3.05) is 13.7 Å². The molecule has 86 valence electrons. The SMILES string of the molecule is COCC(=O)Cc1ccc([N+](=O)[O-])cc1C. The number of benzene rings is 1. The van der Waals surface area contributed by atoms with Crippen LogP contribution in [0.25, 0.3) is 0 Å². The normalized spacial score (nSPS) is 10.1. The van der Waals surface area contributed by atoms with E-state index < -0.39 is 4.92 Å². The van der Waals surface area contributed by atoms with Gasteiger partial charge in [0, 0.05) is 25.7 Å². The van der Waals surface area contributed by atoms with Gasteiger partial charge in [-0.3, -0.25) is 14.9 Å². The highest BCUT2D eigenvalue weighted by Gasteiger charge is 2.10. The molecule has 1 rings (SSSR count). The Morgan fingerprint density at radius 2 is 2.19 bits per heavy atom. The van der Waals surface area contributed by atoms with E-state index in [0.29, 0.717) is 0 Å². The predicted octanol–water partition coefficient (Wildman–Crippen LogP) is 1.66. The van der Waals surface area contributed by atoms with Crippen molar-refractivity contribution in [3.63, 3.8) is 0 Å². The fourth-order valence-corrected chi connectivity index (χ4v) is 1.42. The molecule has 0 bridgehead atoms. The third-order valence-corrected chi connectivity index (χ3v) is 2.23. The number of carbonyl (C=O) groups is 1. The van der Waals surface area contributed by atoms with Crippen molar-refractivity contribution in [2.45, 2.75) is 13.3 Å². The van der Waals surface area contributed by atoms with Gasteiger partial charge in [-0.1, -0.05) is 6.07 Å². The van der Waals surface area contributed by atoms with Crippen LogP contribution in [0.1, 0.15) is 11.1 Å². The summed E-state index contributed by atoms with van der Waals surface area (Å²) in [6.45, 7) is 1.82. The Morgan fingerprint density at radius 3 is 2.69 bits per heavy atom. The van der Waals surface area contributed by atoms with Crippen LogP contribution in [-0.4, -0.2) is 24.4 Å². The number of nitro benzene ring substituents is 1. The molecule has 0 aliphatic carbocycles. The number of hydrogen-bond acceptors (Lipinski definition) is 4. The van der Waals surface area contributed by atoms with Crippen molar-refractivity contribution in [3.8, 4) is 0 Å². The second kappa shape index (κ2) is 5.37. The maximum atomic E-state index is 11.3. The van der Waals surface area contributed by atoms with Gasteiger partial charge in [-0.2, -0.15) is 0 Å². The van der Waals surface area contributed by atoms with Gasteiger partial charge >= 0.3 is 0 Å². The third-order valence-electron chi connectivity index (χ3n) is 2.23. The standard InChI is InChI=1S/C11H13NO4/c1-8-5-10(12(14)15)4-3-9(8)6-11(13)7-16-2/h3-5H,6-7H2,1-2H3. The Morgan fingerprint density at radius 1 is 1.50 bits per heavy atom. The van der Waals surface area contributed by atoms with Gasteiger partial charge in [-0.25, -0.2) is 0 Å². The minimum atomic E-state index is -0.451. The molecule has 5 heteroatoms. The van der Waals surface area contributed by atoms with Gasteiger partial charge in [0.25, 0.3) is 5.69 Å². The molecule has 0 fully saturated rings. The number of aryl methyl sites for hydroxylation is 1. The molecule has 0 radical (unpaired) electrons. The van der Waals surface area contributed by atoms with Crippen LogP contribution >= 0.6 is 0 Å². The number of nitro groups is 1. The zero-order valence-corrected chi connectivity index (χ0v) is 9.23. The molecule has 0 unspecified atom stereocenters. The zero-order valence-electron chi connectivity index (χ0n) is 9.23. The Hall–Kier alpha value is -1.75. The lowest BCUT2D eigenvalue weighted by Gasteiger charge is -2.04. The minimum absolute atomic E-state index is 0.0421. The molecule has 0 aliphatic heterocycles. The molecule has 0 saturated heterocycles. The summed E-state index contributed by atoms with van der Waals surface area (Å²) < 4.78 is 4.72. The lowest BCUT2D eigenvalue weighted by atomic mass is 10.0. The molecular weight excluding hydrogens is 210 g/mol. The lowest BCUT2D eigenvalue weighted by molar-refractivity contribution is -0.384. The van der Waals surface area contributed by atoms with Crippen LogP contribution in [0.4, 0.5) is 5.69 Å². The van der Waals surface area contributed by atoms with Gasteiger partial charge in [-0.05, 0) is 18.1 Å². The lowest BCUT2D eigenvalue weighted by Crippen LogP contribution is -2.10. The van der Waals surface area contributed by atoms with Crippen molar-refractivity contribution in [2.24, 2.45) is 0 Å². The molecule has 0 heterocycles. The molecule has 1 aromatic carbocycles. The fraction of sp³-hybridized carbons (Fsp3) is 0.364. The van der Waals surface area contributed by atoms with Gasteiger partial charge in [0.2, 0.25) is 0 Å². The van der Waals surface area contributed by atoms with E-state index in [4.69, 9.17) is 4.74 Å². The van der Waals surface area contributed by atoms with Gasteiger partial charge in [0.05, 0.1) is 4.92 Å². The quantitative estimate of drug-likeness (QED) is 0.562. The summed E-state index contributed by atoms with van der Waals surface area (Å²) >= 11 is 0. The largest absolute Gasteiger partial charge is 0.377 e. The molecule has 1 aromatic rings. The number of ether oxygens (including phenoxy) is 1. The van der Waals surface area contributed by atoms with Crippen molar-refractivity contribution in [1.82, 2.24) is 0 Å². The Labute approximate surface area is 93.2 Å². The summed E-state index contributed by atoms with van der Waals surface area (Å²) in [4.78, 5) is 21.4. The van der Waals surface area contributed by atoms with Crippen LogP contribution in [0.2, 0.25) is 0 Å². The monoisotopic (exact) mass is 223 g/mol. The summed E-state index contributed by atoms with van der Waals surface area (Å²) in [5.41, 5.74) is 1.59. The van der Waals surface area contributed by atoms with Crippen molar-refractivity contribution >= 4 is 11.5 Å². The number of non-ortho nitro benzene ring substituents is 1. The molecule has 5 nitrogen and oxygen atoms in total. The summed E-state index contributed by atoms with van der Waals surface area (Å²) in [7, 11) is 1.46. The highest BCUT2D eigenvalue weighted by Crippen LogP contribution is 2.17. The second-order valence-corrected chi connectivity index (χ2v) is 3.52. The first-order valence-corrected chi connectivity index (χ1v) is 4.79. The average Bonchev–Trinajstić information content (AvgIpc) is 2.21. The van der Waals surface area contributed by atoms with Crippen molar-refractivity contribution in [3.05, 3.63) is 39.4 Å². The maximum Gasteiger partial charge on any atom is 0.269 e. The van der Waals surface area contributed by atoms with Gasteiger partial charge < -0.3 is 4.74 Å². The first kappa shape index (κ1) is 12.3. The molecular formula is C11H13NO4. The van der Waals surface area contributed by atoms with Crippen LogP contribution in [-0.2, 0) is 16.0 Å². The number of hydrogen-bond donors (Lipinski definition) is 0.